The van der Waals surface area contributed by atoms with Crippen molar-refractivity contribution < 1.29 is 9.53 Å². The Hall–Kier alpha value is -1.19. The lowest BCUT2D eigenvalue weighted by molar-refractivity contribution is -0.125. The highest BCUT2D eigenvalue weighted by Gasteiger charge is 2.15. The predicted octanol–water partition coefficient (Wildman–Crippen LogP) is 2.18. The average Bonchev–Trinajstić information content (AvgIpc) is 2.42. The number of piperidine rings is 1. The number of hydrogen-bond acceptors (Lipinski definition) is 3. The maximum Gasteiger partial charge on any atom is 0.162 e. The van der Waals surface area contributed by atoms with Crippen molar-refractivity contribution in [2.75, 3.05) is 19.7 Å². The van der Waals surface area contributed by atoms with Crippen LogP contribution in [0.1, 0.15) is 29.5 Å². The molecule has 19 heavy (non-hydrogen) atoms. The summed E-state index contributed by atoms with van der Waals surface area (Å²) in [5.41, 5.74) is 3.53. The number of ether oxygens (including phenoxy) is 1. The van der Waals surface area contributed by atoms with Crippen molar-refractivity contribution in [3.8, 4) is 0 Å². The zero-order valence-electron chi connectivity index (χ0n) is 11.9. The summed E-state index contributed by atoms with van der Waals surface area (Å²) in [6.45, 7) is 6.36. The van der Waals surface area contributed by atoms with Crippen LogP contribution in [0.3, 0.4) is 0 Å². The molecule has 0 saturated carbocycles. The number of hydrogen-bond donors (Lipinski definition) is 1. The molecule has 3 nitrogen and oxygen atoms in total. The van der Waals surface area contributed by atoms with Crippen LogP contribution in [0.2, 0.25) is 0 Å². The zero-order chi connectivity index (χ0) is 13.7. The maximum absolute atomic E-state index is 12.0. The van der Waals surface area contributed by atoms with Gasteiger partial charge >= 0.3 is 0 Å². The van der Waals surface area contributed by atoms with Gasteiger partial charge in [-0.05, 0) is 56.5 Å². The lowest BCUT2D eigenvalue weighted by atomic mass is 9.98. The van der Waals surface area contributed by atoms with Gasteiger partial charge in [0.1, 0.15) is 6.61 Å². The Morgan fingerprint density at radius 1 is 1.26 bits per heavy atom. The highest BCUT2D eigenvalue weighted by Crippen LogP contribution is 2.15. The molecule has 1 aliphatic heterocycles. The van der Waals surface area contributed by atoms with Crippen LogP contribution in [0, 0.1) is 13.8 Å². The minimum Gasteiger partial charge on any atom is -0.370 e. The minimum atomic E-state index is 0.177. The Kier molecular flexibility index (Phi) is 5.11. The first-order valence-electron chi connectivity index (χ1n) is 7.06. The summed E-state index contributed by atoms with van der Waals surface area (Å²) < 4.78 is 5.71. The van der Waals surface area contributed by atoms with E-state index in [1.165, 1.54) is 11.1 Å². The molecule has 0 aliphatic carbocycles. The van der Waals surface area contributed by atoms with Crippen LogP contribution in [0.5, 0.6) is 0 Å². The van der Waals surface area contributed by atoms with Gasteiger partial charge in [0.15, 0.2) is 5.78 Å². The van der Waals surface area contributed by atoms with Crippen LogP contribution in [0.15, 0.2) is 18.2 Å². The van der Waals surface area contributed by atoms with Crippen LogP contribution < -0.4 is 5.32 Å². The SMILES string of the molecule is Cc1cccc(C)c1CC(=O)COC1CCNCC1. The summed E-state index contributed by atoms with van der Waals surface area (Å²) in [4.78, 5) is 12.0. The number of nitrogens with one attached hydrogen (secondary N) is 1. The molecular weight excluding hydrogens is 238 g/mol. The normalized spacial score (nSPS) is 16.5. The fourth-order valence-corrected chi connectivity index (χ4v) is 2.55. The van der Waals surface area contributed by atoms with Gasteiger partial charge < -0.3 is 10.1 Å². The molecule has 0 atom stereocenters. The second-order valence-corrected chi connectivity index (χ2v) is 5.35. The van der Waals surface area contributed by atoms with E-state index in [0.29, 0.717) is 6.42 Å². The topological polar surface area (TPSA) is 38.3 Å². The molecule has 1 fully saturated rings. The Labute approximate surface area is 115 Å². The molecule has 1 aromatic rings. The number of benzene rings is 1. The molecule has 1 saturated heterocycles. The Morgan fingerprint density at radius 3 is 2.53 bits per heavy atom. The van der Waals surface area contributed by atoms with Crippen LogP contribution >= 0.6 is 0 Å². The van der Waals surface area contributed by atoms with E-state index >= 15 is 0 Å². The Bertz CT molecular complexity index is 416. The van der Waals surface area contributed by atoms with E-state index in [4.69, 9.17) is 4.74 Å². The molecule has 2 rings (SSSR count). The molecule has 0 unspecified atom stereocenters. The van der Waals surface area contributed by atoms with Gasteiger partial charge in [0.2, 0.25) is 0 Å². The molecule has 1 heterocycles. The third kappa shape index (κ3) is 4.15. The molecule has 0 bridgehead atoms. The molecular formula is C16H23NO2. The van der Waals surface area contributed by atoms with Crippen molar-refractivity contribution in [2.24, 2.45) is 0 Å². The average molecular weight is 261 g/mol. The smallest absolute Gasteiger partial charge is 0.162 e. The van der Waals surface area contributed by atoms with Crippen LogP contribution in [0.25, 0.3) is 0 Å². The summed E-state index contributed by atoms with van der Waals surface area (Å²) in [6.07, 6.45) is 2.76. The van der Waals surface area contributed by atoms with Gasteiger partial charge in [-0.3, -0.25) is 4.79 Å². The quantitative estimate of drug-likeness (QED) is 0.883. The highest BCUT2D eigenvalue weighted by atomic mass is 16.5. The van der Waals surface area contributed by atoms with Crippen molar-refractivity contribution in [1.82, 2.24) is 5.32 Å². The van der Waals surface area contributed by atoms with E-state index < -0.39 is 0 Å². The summed E-state index contributed by atoms with van der Waals surface area (Å²) in [6, 6.07) is 6.15. The molecule has 1 aliphatic rings. The van der Waals surface area contributed by atoms with Gasteiger partial charge in [-0.25, -0.2) is 0 Å². The fourth-order valence-electron chi connectivity index (χ4n) is 2.55. The van der Waals surface area contributed by atoms with Crippen molar-refractivity contribution in [1.29, 1.82) is 0 Å². The lowest BCUT2D eigenvalue weighted by Gasteiger charge is -2.22. The number of ketones is 1. The Morgan fingerprint density at radius 2 is 1.89 bits per heavy atom. The first-order valence-corrected chi connectivity index (χ1v) is 7.06. The van der Waals surface area contributed by atoms with Gasteiger partial charge in [0.25, 0.3) is 0 Å². The van der Waals surface area contributed by atoms with Crippen LogP contribution in [0.4, 0.5) is 0 Å². The number of Topliss-reactive ketones (excluding diaryl/α,β-unsaturated/α-hetero) is 1. The molecule has 1 N–H and O–H groups in total. The van der Waals surface area contributed by atoms with E-state index in [-0.39, 0.29) is 18.5 Å². The predicted molar refractivity (Wildman–Crippen MR) is 76.5 cm³/mol. The Balaban J connectivity index is 1.83. The number of carbonyl (C=O) groups excluding carboxylic acids is 1. The lowest BCUT2D eigenvalue weighted by Crippen LogP contribution is -2.33. The maximum atomic E-state index is 12.0. The molecule has 104 valence electrons. The summed E-state index contributed by atoms with van der Waals surface area (Å²) in [5.74, 6) is 0.177. The van der Waals surface area contributed by atoms with Crippen LogP contribution in [-0.2, 0) is 16.0 Å². The molecule has 1 aromatic carbocycles. The highest BCUT2D eigenvalue weighted by molar-refractivity contribution is 5.82. The molecule has 0 aromatic heterocycles. The zero-order valence-corrected chi connectivity index (χ0v) is 11.9. The molecule has 0 spiro atoms. The first kappa shape index (κ1) is 14.2. The van der Waals surface area contributed by atoms with Gasteiger partial charge in [-0.2, -0.15) is 0 Å². The number of rotatable bonds is 5. The standard InChI is InChI=1S/C16H23NO2/c1-12-4-3-5-13(2)16(12)10-14(18)11-19-15-6-8-17-9-7-15/h3-5,15,17H,6-11H2,1-2H3. The van der Waals surface area contributed by atoms with E-state index in [2.05, 4.69) is 31.3 Å². The third-order valence-corrected chi connectivity index (χ3v) is 3.78. The van der Waals surface area contributed by atoms with E-state index in [9.17, 15) is 4.79 Å². The number of aryl methyl sites for hydroxylation is 2. The first-order chi connectivity index (χ1) is 9.16. The summed E-state index contributed by atoms with van der Waals surface area (Å²) in [7, 11) is 0. The van der Waals surface area contributed by atoms with Crippen molar-refractivity contribution in [3.05, 3.63) is 34.9 Å². The monoisotopic (exact) mass is 261 g/mol. The molecule has 3 heteroatoms. The van der Waals surface area contributed by atoms with Gasteiger partial charge in [-0.15, -0.1) is 0 Å². The summed E-state index contributed by atoms with van der Waals surface area (Å²) >= 11 is 0. The van der Waals surface area contributed by atoms with Gasteiger partial charge in [0, 0.05) is 6.42 Å². The van der Waals surface area contributed by atoms with Crippen molar-refractivity contribution in [2.45, 2.75) is 39.2 Å². The molecule has 0 amide bonds. The third-order valence-electron chi connectivity index (χ3n) is 3.78. The largest absolute Gasteiger partial charge is 0.370 e. The molecule has 0 radical (unpaired) electrons. The summed E-state index contributed by atoms with van der Waals surface area (Å²) in [5, 5.41) is 3.29. The van der Waals surface area contributed by atoms with E-state index in [1.54, 1.807) is 0 Å². The second-order valence-electron chi connectivity index (χ2n) is 5.35. The van der Waals surface area contributed by atoms with Crippen molar-refractivity contribution in [3.63, 3.8) is 0 Å². The van der Waals surface area contributed by atoms with Gasteiger partial charge in [0.05, 0.1) is 6.10 Å². The van der Waals surface area contributed by atoms with Crippen molar-refractivity contribution >= 4 is 5.78 Å². The van der Waals surface area contributed by atoms with Crippen LogP contribution in [-0.4, -0.2) is 31.6 Å². The second kappa shape index (κ2) is 6.83. The van der Waals surface area contributed by atoms with Gasteiger partial charge in [-0.1, -0.05) is 18.2 Å². The minimum absolute atomic E-state index is 0.177. The van der Waals surface area contributed by atoms with E-state index in [1.807, 2.05) is 6.07 Å². The van der Waals surface area contributed by atoms with E-state index in [0.717, 1.165) is 31.5 Å². The number of carbonyl (C=O) groups is 1. The fraction of sp³-hybridized carbons (Fsp3) is 0.562.